The zero-order chi connectivity index (χ0) is 12.3. The fourth-order valence-corrected chi connectivity index (χ4v) is 1.64. The van der Waals surface area contributed by atoms with Crippen LogP contribution in [0.15, 0.2) is 27.3 Å². The fraction of sp³-hybridized carbons (Fsp3) is 0.417. The molecule has 5 nitrogen and oxygen atoms in total. The number of halogens is 1. The number of nitrogens with two attached hydrogens (primary N) is 1. The molecule has 0 aliphatic carbocycles. The minimum Gasteiger partial charge on any atom is -0.474 e. The van der Waals surface area contributed by atoms with Crippen molar-refractivity contribution >= 4 is 12.4 Å². The van der Waals surface area contributed by atoms with Crippen molar-refractivity contribution < 1.29 is 13.7 Å². The second kappa shape index (κ2) is 6.47. The maximum atomic E-state index is 5.45. The molecule has 18 heavy (non-hydrogen) atoms. The molecule has 0 aromatic carbocycles. The van der Waals surface area contributed by atoms with Crippen LogP contribution in [0.5, 0.6) is 5.88 Å². The average Bonchev–Trinajstić information content (AvgIpc) is 2.94. The van der Waals surface area contributed by atoms with Gasteiger partial charge < -0.3 is 19.4 Å². The SMILES string of the molecule is CC(C)c1c(OCCN)noc1-c1ccco1.Cl. The number of hydrogen-bond donors (Lipinski definition) is 1. The summed E-state index contributed by atoms with van der Waals surface area (Å²) in [4.78, 5) is 0. The van der Waals surface area contributed by atoms with E-state index in [-0.39, 0.29) is 18.3 Å². The van der Waals surface area contributed by atoms with E-state index in [1.807, 2.05) is 26.0 Å². The molecule has 2 aromatic heterocycles. The summed E-state index contributed by atoms with van der Waals surface area (Å²) in [5.41, 5.74) is 6.31. The molecule has 0 spiro atoms. The van der Waals surface area contributed by atoms with Crippen molar-refractivity contribution in [2.45, 2.75) is 19.8 Å². The summed E-state index contributed by atoms with van der Waals surface area (Å²) in [6.07, 6.45) is 1.60. The molecule has 0 unspecified atom stereocenters. The van der Waals surface area contributed by atoms with Crippen molar-refractivity contribution in [3.05, 3.63) is 24.0 Å². The lowest BCUT2D eigenvalue weighted by Crippen LogP contribution is -2.11. The molecule has 0 fully saturated rings. The van der Waals surface area contributed by atoms with Crippen molar-refractivity contribution in [3.63, 3.8) is 0 Å². The van der Waals surface area contributed by atoms with Gasteiger partial charge in [0.05, 0.1) is 11.8 Å². The third-order valence-corrected chi connectivity index (χ3v) is 2.37. The topological polar surface area (TPSA) is 74.4 Å². The van der Waals surface area contributed by atoms with E-state index < -0.39 is 0 Å². The summed E-state index contributed by atoms with van der Waals surface area (Å²) >= 11 is 0. The van der Waals surface area contributed by atoms with Crippen LogP contribution < -0.4 is 10.5 Å². The van der Waals surface area contributed by atoms with Gasteiger partial charge in [-0.1, -0.05) is 13.8 Å². The predicted molar refractivity (Wildman–Crippen MR) is 70.1 cm³/mol. The van der Waals surface area contributed by atoms with E-state index in [0.29, 0.717) is 30.6 Å². The van der Waals surface area contributed by atoms with E-state index in [2.05, 4.69) is 5.16 Å². The lowest BCUT2D eigenvalue weighted by molar-refractivity contribution is 0.286. The summed E-state index contributed by atoms with van der Waals surface area (Å²) in [6, 6.07) is 3.64. The Kier molecular flexibility index (Phi) is 5.25. The minimum absolute atomic E-state index is 0. The molecular weight excluding hydrogens is 256 g/mol. The largest absolute Gasteiger partial charge is 0.474 e. The van der Waals surface area contributed by atoms with E-state index in [1.54, 1.807) is 6.26 Å². The first-order valence-electron chi connectivity index (χ1n) is 5.60. The fourth-order valence-electron chi connectivity index (χ4n) is 1.64. The minimum atomic E-state index is 0. The molecule has 0 aliphatic heterocycles. The number of ether oxygens (including phenoxy) is 1. The highest BCUT2D eigenvalue weighted by Crippen LogP contribution is 2.36. The number of nitrogens with zero attached hydrogens (tertiary/aromatic N) is 1. The van der Waals surface area contributed by atoms with Gasteiger partial charge in [0.1, 0.15) is 6.61 Å². The lowest BCUT2D eigenvalue weighted by Gasteiger charge is -2.06. The smallest absolute Gasteiger partial charge is 0.258 e. The molecule has 0 amide bonds. The van der Waals surface area contributed by atoms with Gasteiger partial charge in [-0.05, 0) is 23.2 Å². The quantitative estimate of drug-likeness (QED) is 0.906. The van der Waals surface area contributed by atoms with Crippen LogP contribution in [-0.2, 0) is 0 Å². The molecule has 100 valence electrons. The second-order valence-electron chi connectivity index (χ2n) is 4.00. The molecule has 0 saturated carbocycles. The number of rotatable bonds is 5. The molecule has 2 heterocycles. The van der Waals surface area contributed by atoms with Gasteiger partial charge in [0, 0.05) is 6.54 Å². The maximum Gasteiger partial charge on any atom is 0.258 e. The normalized spacial score (nSPS) is 10.4. The first-order chi connectivity index (χ1) is 8.24. The van der Waals surface area contributed by atoms with Crippen molar-refractivity contribution in [1.82, 2.24) is 5.16 Å². The van der Waals surface area contributed by atoms with Crippen LogP contribution >= 0.6 is 12.4 Å². The van der Waals surface area contributed by atoms with Crippen LogP contribution in [0.1, 0.15) is 25.3 Å². The Morgan fingerprint density at radius 1 is 1.44 bits per heavy atom. The Hall–Kier alpha value is -1.46. The standard InChI is InChI=1S/C12H16N2O3.ClH/c1-8(2)10-11(9-4-3-6-15-9)17-14-12(10)16-7-5-13;/h3-4,6,8H,5,7,13H2,1-2H3;1H. The van der Waals surface area contributed by atoms with Crippen LogP contribution in [0, 0.1) is 0 Å². The molecule has 2 N–H and O–H groups in total. The Bertz CT molecular complexity index is 466. The van der Waals surface area contributed by atoms with Gasteiger partial charge >= 0.3 is 0 Å². The third kappa shape index (κ3) is 2.86. The van der Waals surface area contributed by atoms with E-state index in [0.717, 1.165) is 5.56 Å². The highest BCUT2D eigenvalue weighted by molar-refractivity contribution is 5.85. The highest BCUT2D eigenvalue weighted by Gasteiger charge is 2.23. The summed E-state index contributed by atoms with van der Waals surface area (Å²) < 4.78 is 16.1. The van der Waals surface area contributed by atoms with Gasteiger partial charge in [-0.15, -0.1) is 12.4 Å². The summed E-state index contributed by atoms with van der Waals surface area (Å²) in [7, 11) is 0. The maximum absolute atomic E-state index is 5.45. The molecule has 2 rings (SSSR count). The van der Waals surface area contributed by atoms with E-state index in [1.165, 1.54) is 0 Å². The van der Waals surface area contributed by atoms with Crippen LogP contribution in [0.4, 0.5) is 0 Å². The van der Waals surface area contributed by atoms with Gasteiger partial charge in [0.15, 0.2) is 5.76 Å². The van der Waals surface area contributed by atoms with Crippen molar-refractivity contribution in [3.8, 4) is 17.4 Å². The first-order valence-corrected chi connectivity index (χ1v) is 5.60. The monoisotopic (exact) mass is 272 g/mol. The lowest BCUT2D eigenvalue weighted by atomic mass is 10.0. The predicted octanol–water partition coefficient (Wildman–Crippen LogP) is 2.82. The van der Waals surface area contributed by atoms with Gasteiger partial charge in [-0.3, -0.25) is 0 Å². The van der Waals surface area contributed by atoms with E-state index in [9.17, 15) is 0 Å². The van der Waals surface area contributed by atoms with Crippen LogP contribution in [-0.4, -0.2) is 18.3 Å². The molecular formula is C12H17ClN2O3. The molecule has 0 saturated heterocycles. The number of furan rings is 1. The molecule has 0 bridgehead atoms. The Morgan fingerprint density at radius 3 is 2.78 bits per heavy atom. The van der Waals surface area contributed by atoms with Gasteiger partial charge in [-0.25, -0.2) is 0 Å². The van der Waals surface area contributed by atoms with Gasteiger partial charge in [-0.2, -0.15) is 0 Å². The van der Waals surface area contributed by atoms with Crippen molar-refractivity contribution in [1.29, 1.82) is 0 Å². The Morgan fingerprint density at radius 2 is 2.22 bits per heavy atom. The van der Waals surface area contributed by atoms with Crippen molar-refractivity contribution in [2.24, 2.45) is 5.73 Å². The molecule has 0 aliphatic rings. The van der Waals surface area contributed by atoms with Crippen molar-refractivity contribution in [2.75, 3.05) is 13.2 Å². The van der Waals surface area contributed by atoms with E-state index in [4.69, 9.17) is 19.4 Å². The zero-order valence-electron chi connectivity index (χ0n) is 10.4. The summed E-state index contributed by atoms with van der Waals surface area (Å²) in [5, 5.41) is 3.92. The average molecular weight is 273 g/mol. The Balaban J connectivity index is 0.00000162. The van der Waals surface area contributed by atoms with E-state index >= 15 is 0 Å². The van der Waals surface area contributed by atoms with Crippen LogP contribution in [0.3, 0.4) is 0 Å². The summed E-state index contributed by atoms with van der Waals surface area (Å²) in [5.74, 6) is 2.01. The molecule has 6 heteroatoms. The second-order valence-corrected chi connectivity index (χ2v) is 4.00. The third-order valence-electron chi connectivity index (χ3n) is 2.37. The van der Waals surface area contributed by atoms with Crippen LogP contribution in [0.2, 0.25) is 0 Å². The van der Waals surface area contributed by atoms with Gasteiger partial charge in [0.2, 0.25) is 5.76 Å². The number of hydrogen-bond acceptors (Lipinski definition) is 5. The molecule has 0 atom stereocenters. The number of aromatic nitrogens is 1. The van der Waals surface area contributed by atoms with Crippen LogP contribution in [0.25, 0.3) is 11.5 Å². The molecule has 0 radical (unpaired) electrons. The molecule has 2 aromatic rings. The summed E-state index contributed by atoms with van der Waals surface area (Å²) in [6.45, 7) is 4.97. The highest BCUT2D eigenvalue weighted by atomic mass is 35.5. The Labute approximate surface area is 112 Å². The first kappa shape index (κ1) is 14.6. The zero-order valence-corrected chi connectivity index (χ0v) is 11.2. The van der Waals surface area contributed by atoms with Gasteiger partial charge in [0.25, 0.3) is 5.88 Å².